The third-order valence-electron chi connectivity index (χ3n) is 3.30. The largest absolute Gasteiger partial charge is 0.396 e. The van der Waals surface area contributed by atoms with Gasteiger partial charge in [-0.1, -0.05) is 11.6 Å². The Labute approximate surface area is 120 Å². The van der Waals surface area contributed by atoms with Crippen molar-refractivity contribution in [3.8, 4) is 0 Å². The van der Waals surface area contributed by atoms with Crippen molar-refractivity contribution in [3.05, 3.63) is 28.5 Å². The van der Waals surface area contributed by atoms with Crippen LogP contribution in [-0.4, -0.2) is 36.3 Å². The second-order valence-electron chi connectivity index (χ2n) is 4.83. The third-order valence-corrected chi connectivity index (χ3v) is 3.52. The summed E-state index contributed by atoms with van der Waals surface area (Å²) in [6, 6.07) is 2.21. The summed E-state index contributed by atoms with van der Waals surface area (Å²) < 4.78 is 13.4. The van der Waals surface area contributed by atoms with E-state index in [-0.39, 0.29) is 28.2 Å². The van der Waals surface area contributed by atoms with Crippen LogP contribution in [0.3, 0.4) is 0 Å². The first-order valence-electron chi connectivity index (χ1n) is 6.18. The minimum absolute atomic E-state index is 0.00885. The summed E-state index contributed by atoms with van der Waals surface area (Å²) in [7, 11) is 1.67. The van der Waals surface area contributed by atoms with E-state index in [1.165, 1.54) is 6.07 Å². The van der Waals surface area contributed by atoms with Crippen LogP contribution in [0.2, 0.25) is 5.02 Å². The molecule has 1 atom stereocenters. The van der Waals surface area contributed by atoms with Crippen LogP contribution < -0.4 is 11.1 Å². The van der Waals surface area contributed by atoms with Crippen molar-refractivity contribution in [1.82, 2.24) is 10.2 Å². The first-order chi connectivity index (χ1) is 9.38. The number of halogens is 2. The molecule has 0 aliphatic carbocycles. The molecule has 5 nitrogen and oxygen atoms in total. The van der Waals surface area contributed by atoms with Gasteiger partial charge in [0.2, 0.25) is 5.91 Å². The van der Waals surface area contributed by atoms with Crippen LogP contribution in [0.1, 0.15) is 23.2 Å². The number of rotatable bonds is 2. The Kier molecular flexibility index (Phi) is 4.13. The molecule has 1 unspecified atom stereocenters. The highest BCUT2D eigenvalue weighted by Gasteiger charge is 2.25. The molecule has 0 radical (unpaired) electrons. The maximum atomic E-state index is 13.4. The van der Waals surface area contributed by atoms with Crippen LogP contribution in [0.25, 0.3) is 0 Å². The fraction of sp³-hybridized carbons (Fsp3) is 0.385. The van der Waals surface area contributed by atoms with Crippen LogP contribution >= 0.6 is 11.6 Å². The Hall–Kier alpha value is -1.82. The lowest BCUT2D eigenvalue weighted by Crippen LogP contribution is -2.48. The van der Waals surface area contributed by atoms with Gasteiger partial charge in [-0.3, -0.25) is 9.59 Å². The molecule has 0 saturated carbocycles. The summed E-state index contributed by atoms with van der Waals surface area (Å²) in [5, 5.41) is 2.85. The molecule has 1 aliphatic rings. The summed E-state index contributed by atoms with van der Waals surface area (Å²) in [6.07, 6.45) is 0.929. The molecular weight excluding hydrogens is 285 g/mol. The SMILES string of the molecule is CN1CC(NC(=O)c2cc(Cl)cc(F)c2N)CCC1=O. The Morgan fingerprint density at radius 2 is 2.25 bits per heavy atom. The van der Waals surface area contributed by atoms with E-state index in [0.717, 1.165) is 6.07 Å². The molecule has 1 fully saturated rings. The molecule has 0 bridgehead atoms. The van der Waals surface area contributed by atoms with Crippen molar-refractivity contribution in [2.45, 2.75) is 18.9 Å². The van der Waals surface area contributed by atoms with E-state index in [4.69, 9.17) is 17.3 Å². The smallest absolute Gasteiger partial charge is 0.253 e. The average molecular weight is 300 g/mol. The number of carbonyl (C=O) groups is 2. The Morgan fingerprint density at radius 3 is 2.90 bits per heavy atom. The zero-order chi connectivity index (χ0) is 14.9. The maximum Gasteiger partial charge on any atom is 0.253 e. The van der Waals surface area contributed by atoms with E-state index < -0.39 is 11.7 Å². The summed E-state index contributed by atoms with van der Waals surface area (Å²) >= 11 is 5.72. The highest BCUT2D eigenvalue weighted by molar-refractivity contribution is 6.31. The van der Waals surface area contributed by atoms with E-state index in [2.05, 4.69) is 5.32 Å². The molecule has 2 rings (SSSR count). The number of nitrogens with zero attached hydrogens (tertiary/aromatic N) is 1. The van der Waals surface area contributed by atoms with Gasteiger partial charge < -0.3 is 16.0 Å². The van der Waals surface area contributed by atoms with Crippen molar-refractivity contribution in [2.75, 3.05) is 19.3 Å². The highest BCUT2D eigenvalue weighted by Crippen LogP contribution is 2.22. The lowest BCUT2D eigenvalue weighted by Gasteiger charge is -2.30. The van der Waals surface area contributed by atoms with Gasteiger partial charge in [-0.2, -0.15) is 0 Å². The summed E-state index contributed by atoms with van der Waals surface area (Å²) in [6.45, 7) is 0.424. The molecule has 3 N–H and O–H groups in total. The lowest BCUT2D eigenvalue weighted by atomic mass is 10.0. The van der Waals surface area contributed by atoms with Crippen molar-refractivity contribution in [3.63, 3.8) is 0 Å². The van der Waals surface area contributed by atoms with Crippen LogP contribution in [0.5, 0.6) is 0 Å². The van der Waals surface area contributed by atoms with Crippen LogP contribution in [0.15, 0.2) is 12.1 Å². The Morgan fingerprint density at radius 1 is 1.55 bits per heavy atom. The molecular formula is C13H15ClFN3O2. The van der Waals surface area contributed by atoms with E-state index in [0.29, 0.717) is 19.4 Å². The lowest BCUT2D eigenvalue weighted by molar-refractivity contribution is -0.132. The number of nitrogens with two attached hydrogens (primary N) is 1. The Balaban J connectivity index is 2.11. The monoisotopic (exact) mass is 299 g/mol. The number of nitrogens with one attached hydrogen (secondary N) is 1. The number of amides is 2. The number of nitrogen functional groups attached to an aromatic ring is 1. The topological polar surface area (TPSA) is 75.4 Å². The predicted molar refractivity (Wildman–Crippen MR) is 73.9 cm³/mol. The molecule has 0 aromatic heterocycles. The van der Waals surface area contributed by atoms with Gasteiger partial charge in [0.1, 0.15) is 5.82 Å². The van der Waals surface area contributed by atoms with E-state index in [1.807, 2.05) is 0 Å². The van der Waals surface area contributed by atoms with Crippen molar-refractivity contribution < 1.29 is 14.0 Å². The molecule has 1 aliphatic heterocycles. The maximum absolute atomic E-state index is 13.4. The van der Waals surface area contributed by atoms with Gasteiger partial charge in [0.05, 0.1) is 11.3 Å². The fourth-order valence-corrected chi connectivity index (χ4v) is 2.37. The first kappa shape index (κ1) is 14.6. The standard InChI is InChI=1S/C13H15ClFN3O2/c1-18-6-8(2-3-11(18)19)17-13(20)9-4-7(14)5-10(15)12(9)16/h4-5,8H,2-3,6,16H2,1H3,(H,17,20). The second-order valence-corrected chi connectivity index (χ2v) is 5.27. The first-order valence-corrected chi connectivity index (χ1v) is 6.55. The zero-order valence-electron chi connectivity index (χ0n) is 11.0. The molecule has 7 heteroatoms. The molecule has 1 heterocycles. The van der Waals surface area contributed by atoms with E-state index in [1.54, 1.807) is 11.9 Å². The van der Waals surface area contributed by atoms with Gasteiger partial charge in [0.15, 0.2) is 0 Å². The van der Waals surface area contributed by atoms with Gasteiger partial charge in [-0.05, 0) is 18.6 Å². The molecule has 1 aromatic rings. The molecule has 108 valence electrons. The number of anilines is 1. The van der Waals surface area contributed by atoms with Gasteiger partial charge in [0, 0.05) is 31.1 Å². The van der Waals surface area contributed by atoms with E-state index >= 15 is 0 Å². The normalized spacial score (nSPS) is 19.1. The second kappa shape index (κ2) is 5.66. The van der Waals surface area contributed by atoms with Crippen LogP contribution in [0, 0.1) is 5.82 Å². The number of likely N-dealkylation sites (tertiary alicyclic amines) is 1. The van der Waals surface area contributed by atoms with Gasteiger partial charge in [0.25, 0.3) is 5.91 Å². The number of hydrogen-bond donors (Lipinski definition) is 2. The number of benzene rings is 1. The fourth-order valence-electron chi connectivity index (χ4n) is 2.17. The number of likely N-dealkylation sites (N-methyl/N-ethyl adjacent to an activating group) is 1. The molecule has 1 aromatic carbocycles. The number of piperidine rings is 1. The van der Waals surface area contributed by atoms with Gasteiger partial charge in [-0.25, -0.2) is 4.39 Å². The van der Waals surface area contributed by atoms with Crippen LogP contribution in [0.4, 0.5) is 10.1 Å². The molecule has 0 spiro atoms. The predicted octanol–water partition coefficient (Wildman–Crippen LogP) is 1.41. The minimum atomic E-state index is -0.724. The third kappa shape index (κ3) is 3.01. The summed E-state index contributed by atoms with van der Waals surface area (Å²) in [4.78, 5) is 25.0. The summed E-state index contributed by atoms with van der Waals surface area (Å²) in [5.74, 6) is -1.17. The summed E-state index contributed by atoms with van der Waals surface area (Å²) in [5.41, 5.74) is 5.33. The van der Waals surface area contributed by atoms with Crippen molar-refractivity contribution in [1.29, 1.82) is 0 Å². The molecule has 1 saturated heterocycles. The average Bonchev–Trinajstić information content (AvgIpc) is 2.38. The highest BCUT2D eigenvalue weighted by atomic mass is 35.5. The quantitative estimate of drug-likeness (QED) is 0.811. The van der Waals surface area contributed by atoms with Crippen molar-refractivity contribution in [2.24, 2.45) is 0 Å². The van der Waals surface area contributed by atoms with Gasteiger partial charge >= 0.3 is 0 Å². The molecule has 2 amide bonds. The minimum Gasteiger partial charge on any atom is -0.396 e. The Bertz CT molecular complexity index is 565. The number of carbonyl (C=O) groups excluding carboxylic acids is 2. The van der Waals surface area contributed by atoms with Crippen LogP contribution in [-0.2, 0) is 4.79 Å². The van der Waals surface area contributed by atoms with E-state index in [9.17, 15) is 14.0 Å². The molecule has 20 heavy (non-hydrogen) atoms. The zero-order valence-corrected chi connectivity index (χ0v) is 11.7. The van der Waals surface area contributed by atoms with Crippen molar-refractivity contribution >= 4 is 29.1 Å². The number of hydrogen-bond acceptors (Lipinski definition) is 3. The van der Waals surface area contributed by atoms with Gasteiger partial charge in [-0.15, -0.1) is 0 Å².